The van der Waals surface area contributed by atoms with E-state index in [0.717, 1.165) is 10.4 Å². The minimum atomic E-state index is -2.89. The molecule has 6 heteroatoms. The van der Waals surface area contributed by atoms with E-state index in [4.69, 9.17) is 9.26 Å². The van der Waals surface area contributed by atoms with Gasteiger partial charge in [0.2, 0.25) is 0 Å². The summed E-state index contributed by atoms with van der Waals surface area (Å²) in [5.41, 5.74) is 0. The highest BCUT2D eigenvalue weighted by Crippen LogP contribution is 2.37. The SMILES string of the molecule is CCOC(=O)CC(=O)N(C)O[Si](c1ccccc1)(c1ccccc1)C(C)(C)C. The lowest BCUT2D eigenvalue weighted by atomic mass is 10.2. The third-order valence-corrected chi connectivity index (χ3v) is 9.60. The normalized spacial score (nSPS) is 11.8. The molecule has 2 rings (SSSR count). The van der Waals surface area contributed by atoms with Gasteiger partial charge in [-0.15, -0.1) is 0 Å². The van der Waals surface area contributed by atoms with Crippen molar-refractivity contribution in [2.24, 2.45) is 0 Å². The van der Waals surface area contributed by atoms with E-state index in [1.165, 1.54) is 5.06 Å². The van der Waals surface area contributed by atoms with E-state index in [2.05, 4.69) is 20.8 Å². The van der Waals surface area contributed by atoms with E-state index in [1.807, 2.05) is 60.7 Å². The summed E-state index contributed by atoms with van der Waals surface area (Å²) in [4.78, 5) is 24.4. The standard InChI is InChI=1S/C22H29NO4Si/c1-6-26-21(25)17-20(24)23(5)27-28(22(2,3)4,18-13-9-7-10-14-18)19-15-11-8-12-16-19/h7-16H,6,17H2,1-5H3. The molecule has 0 heterocycles. The van der Waals surface area contributed by atoms with Gasteiger partial charge in [-0.25, -0.2) is 5.06 Å². The second-order valence-corrected chi connectivity index (χ2v) is 11.8. The Balaban J connectivity index is 2.50. The number of hydrogen-bond acceptors (Lipinski definition) is 4. The summed E-state index contributed by atoms with van der Waals surface area (Å²) in [6.45, 7) is 8.34. The van der Waals surface area contributed by atoms with Crippen molar-refractivity contribution < 1.29 is 18.9 Å². The Kier molecular flexibility index (Phi) is 7.15. The van der Waals surface area contributed by atoms with Gasteiger partial charge in [0.25, 0.3) is 14.2 Å². The van der Waals surface area contributed by atoms with Crippen LogP contribution in [0, 0.1) is 0 Å². The van der Waals surface area contributed by atoms with Gasteiger partial charge in [-0.1, -0.05) is 81.4 Å². The van der Waals surface area contributed by atoms with Crippen LogP contribution >= 0.6 is 0 Å². The summed E-state index contributed by atoms with van der Waals surface area (Å²) in [6.07, 6.45) is -0.345. The molecule has 0 aliphatic rings. The highest BCUT2D eigenvalue weighted by molar-refractivity contribution is 6.99. The fourth-order valence-corrected chi connectivity index (χ4v) is 7.71. The van der Waals surface area contributed by atoms with Gasteiger partial charge in [-0.2, -0.15) is 0 Å². The molecule has 28 heavy (non-hydrogen) atoms. The molecule has 2 aromatic rings. The van der Waals surface area contributed by atoms with Crippen molar-refractivity contribution in [2.45, 2.75) is 39.2 Å². The average molecular weight is 400 g/mol. The van der Waals surface area contributed by atoms with Crippen LogP contribution in [0.2, 0.25) is 5.04 Å². The molecule has 0 saturated heterocycles. The highest BCUT2D eigenvalue weighted by Gasteiger charge is 2.52. The van der Waals surface area contributed by atoms with Gasteiger partial charge in [0.1, 0.15) is 6.42 Å². The first-order valence-electron chi connectivity index (χ1n) is 9.44. The fourth-order valence-electron chi connectivity index (χ4n) is 3.32. The quantitative estimate of drug-likeness (QED) is 0.311. The number of rotatable bonds is 7. The van der Waals surface area contributed by atoms with Crippen LogP contribution in [0.25, 0.3) is 0 Å². The summed E-state index contributed by atoms with van der Waals surface area (Å²) in [7, 11) is -1.32. The molecule has 0 spiro atoms. The van der Waals surface area contributed by atoms with Gasteiger partial charge in [0.05, 0.1) is 6.61 Å². The summed E-state index contributed by atoms with van der Waals surface area (Å²) < 4.78 is 11.4. The smallest absolute Gasteiger partial charge is 0.315 e. The minimum Gasteiger partial charge on any atom is -0.466 e. The topological polar surface area (TPSA) is 55.8 Å². The van der Waals surface area contributed by atoms with Gasteiger partial charge in [-0.3, -0.25) is 9.59 Å². The monoisotopic (exact) mass is 399 g/mol. The third kappa shape index (κ3) is 4.69. The summed E-state index contributed by atoms with van der Waals surface area (Å²) >= 11 is 0. The number of benzene rings is 2. The van der Waals surface area contributed by atoms with Crippen molar-refractivity contribution in [3.8, 4) is 0 Å². The molecular weight excluding hydrogens is 370 g/mol. The molecule has 0 aliphatic heterocycles. The Morgan fingerprint density at radius 2 is 1.39 bits per heavy atom. The van der Waals surface area contributed by atoms with Crippen LogP contribution in [-0.2, 0) is 18.9 Å². The van der Waals surface area contributed by atoms with Crippen molar-refractivity contribution in [1.29, 1.82) is 0 Å². The predicted octanol–water partition coefficient (Wildman–Crippen LogP) is 2.89. The van der Waals surface area contributed by atoms with Crippen LogP contribution < -0.4 is 10.4 Å². The van der Waals surface area contributed by atoms with Gasteiger partial charge >= 0.3 is 5.97 Å². The molecule has 5 nitrogen and oxygen atoms in total. The number of hydroxylamine groups is 2. The number of carbonyl (C=O) groups is 2. The summed E-state index contributed by atoms with van der Waals surface area (Å²) in [5, 5.41) is 3.07. The van der Waals surface area contributed by atoms with Gasteiger partial charge in [0, 0.05) is 7.05 Å². The third-order valence-electron chi connectivity index (χ3n) is 4.64. The van der Waals surface area contributed by atoms with Crippen LogP contribution in [0.1, 0.15) is 34.1 Å². The Morgan fingerprint density at radius 3 is 1.79 bits per heavy atom. The van der Waals surface area contributed by atoms with Crippen LogP contribution in [0.15, 0.2) is 60.7 Å². The predicted molar refractivity (Wildman–Crippen MR) is 113 cm³/mol. The maximum absolute atomic E-state index is 12.6. The van der Waals surface area contributed by atoms with Crippen LogP contribution in [0.3, 0.4) is 0 Å². The molecule has 1 amide bonds. The first-order chi connectivity index (χ1) is 13.2. The Labute approximate surface area is 168 Å². The molecule has 0 radical (unpaired) electrons. The zero-order valence-corrected chi connectivity index (χ0v) is 18.3. The zero-order valence-electron chi connectivity index (χ0n) is 17.3. The lowest BCUT2D eigenvalue weighted by molar-refractivity contribution is -0.161. The first-order valence-corrected chi connectivity index (χ1v) is 11.4. The molecule has 0 N–H and O–H groups in total. The molecule has 0 bridgehead atoms. The van der Waals surface area contributed by atoms with Crippen molar-refractivity contribution in [2.75, 3.05) is 13.7 Å². The lowest BCUT2D eigenvalue weighted by Crippen LogP contribution is -2.68. The van der Waals surface area contributed by atoms with Crippen molar-refractivity contribution in [1.82, 2.24) is 5.06 Å². The Morgan fingerprint density at radius 1 is 0.929 bits per heavy atom. The van der Waals surface area contributed by atoms with Gasteiger partial charge in [-0.05, 0) is 22.3 Å². The first kappa shape index (κ1) is 21.9. The van der Waals surface area contributed by atoms with Crippen molar-refractivity contribution >= 4 is 30.6 Å². The number of amides is 1. The molecule has 2 aromatic carbocycles. The molecule has 0 unspecified atom stereocenters. The van der Waals surface area contributed by atoms with E-state index >= 15 is 0 Å². The fraction of sp³-hybridized carbons (Fsp3) is 0.364. The number of esters is 1. The number of ether oxygens (including phenoxy) is 1. The van der Waals surface area contributed by atoms with Crippen molar-refractivity contribution in [3.05, 3.63) is 60.7 Å². The van der Waals surface area contributed by atoms with Gasteiger partial charge < -0.3 is 9.26 Å². The van der Waals surface area contributed by atoms with Crippen LogP contribution in [-0.4, -0.2) is 38.9 Å². The average Bonchev–Trinajstić information content (AvgIpc) is 2.66. The summed E-state index contributed by atoms with van der Waals surface area (Å²) in [6, 6.07) is 20.1. The molecule has 0 aliphatic carbocycles. The number of hydrogen-bond donors (Lipinski definition) is 0. The Bertz CT molecular complexity index is 748. The van der Waals surface area contributed by atoms with E-state index in [-0.39, 0.29) is 18.1 Å². The van der Waals surface area contributed by atoms with Crippen molar-refractivity contribution in [3.63, 3.8) is 0 Å². The van der Waals surface area contributed by atoms with E-state index < -0.39 is 20.2 Å². The molecular formula is C22H29NO4Si. The molecule has 0 saturated carbocycles. The maximum atomic E-state index is 12.6. The minimum absolute atomic E-state index is 0.241. The largest absolute Gasteiger partial charge is 0.466 e. The lowest BCUT2D eigenvalue weighted by Gasteiger charge is -2.44. The maximum Gasteiger partial charge on any atom is 0.315 e. The molecule has 0 atom stereocenters. The van der Waals surface area contributed by atoms with E-state index in [0.29, 0.717) is 0 Å². The van der Waals surface area contributed by atoms with Crippen LogP contribution in [0.4, 0.5) is 0 Å². The molecule has 150 valence electrons. The zero-order chi connectivity index (χ0) is 20.8. The van der Waals surface area contributed by atoms with E-state index in [1.54, 1.807) is 14.0 Å². The van der Waals surface area contributed by atoms with E-state index in [9.17, 15) is 9.59 Å². The number of carbonyl (C=O) groups excluding carboxylic acids is 2. The van der Waals surface area contributed by atoms with Crippen LogP contribution in [0.5, 0.6) is 0 Å². The number of nitrogens with zero attached hydrogens (tertiary/aromatic N) is 1. The highest BCUT2D eigenvalue weighted by atomic mass is 28.4. The van der Waals surface area contributed by atoms with Gasteiger partial charge in [0.15, 0.2) is 0 Å². The second kappa shape index (κ2) is 9.17. The molecule has 0 aromatic heterocycles. The second-order valence-electron chi connectivity index (χ2n) is 7.63. The molecule has 0 fully saturated rings. The summed E-state index contributed by atoms with van der Waals surface area (Å²) in [5.74, 6) is -0.975. The Hall–Kier alpha value is -2.44.